The number of hydrogen-bond donors (Lipinski definition) is 1. The van der Waals surface area contributed by atoms with Crippen molar-refractivity contribution in [2.24, 2.45) is 5.73 Å². The first kappa shape index (κ1) is 18.4. The van der Waals surface area contributed by atoms with E-state index < -0.39 is 0 Å². The normalized spacial score (nSPS) is 11.8. The van der Waals surface area contributed by atoms with Crippen LogP contribution in [-0.2, 0) is 16.1 Å². The third kappa shape index (κ3) is 4.44. The lowest BCUT2D eigenvalue weighted by Gasteiger charge is -2.21. The quantitative estimate of drug-likeness (QED) is 0.889. The van der Waals surface area contributed by atoms with Crippen LogP contribution in [0.5, 0.6) is 0 Å². The molecule has 5 heteroatoms. The van der Waals surface area contributed by atoms with Crippen LogP contribution < -0.4 is 5.73 Å². The van der Waals surface area contributed by atoms with Crippen LogP contribution in [0.1, 0.15) is 12.0 Å². The van der Waals surface area contributed by atoms with Crippen LogP contribution in [0, 0.1) is 0 Å². The summed E-state index contributed by atoms with van der Waals surface area (Å²) in [6.45, 7) is 0.936. The van der Waals surface area contributed by atoms with E-state index in [0.29, 0.717) is 19.5 Å². The van der Waals surface area contributed by atoms with E-state index in [1.165, 1.54) is 10.8 Å². The summed E-state index contributed by atoms with van der Waals surface area (Å²) in [5, 5.41) is 2.37. The highest BCUT2D eigenvalue weighted by atomic mass is 35.5. The molecule has 2 aromatic rings. The van der Waals surface area contributed by atoms with E-state index in [1.807, 2.05) is 25.2 Å². The number of carbonyl (C=O) groups is 1. The van der Waals surface area contributed by atoms with Crippen molar-refractivity contribution in [2.45, 2.75) is 19.1 Å². The van der Waals surface area contributed by atoms with Gasteiger partial charge in [0.05, 0.1) is 12.5 Å². The van der Waals surface area contributed by atoms with Gasteiger partial charge in [0.25, 0.3) is 0 Å². The summed E-state index contributed by atoms with van der Waals surface area (Å²) in [6, 6.07) is 14.4. The second-order valence-corrected chi connectivity index (χ2v) is 5.19. The standard InChI is InChI=1S/C17H22N2O2.ClH/c1-19(17(20)10-15(11-18)21-2)12-14-8-5-7-13-6-3-4-9-16(13)14;/h3-9,15H,10-12,18H2,1-2H3;1H. The Kier molecular flexibility index (Phi) is 7.32. The van der Waals surface area contributed by atoms with Gasteiger partial charge in [-0.3, -0.25) is 4.79 Å². The van der Waals surface area contributed by atoms with E-state index in [4.69, 9.17) is 10.5 Å². The van der Waals surface area contributed by atoms with E-state index in [-0.39, 0.29) is 24.4 Å². The molecule has 4 nitrogen and oxygen atoms in total. The minimum atomic E-state index is -0.215. The number of hydrogen-bond acceptors (Lipinski definition) is 3. The zero-order chi connectivity index (χ0) is 15.2. The minimum Gasteiger partial charge on any atom is -0.380 e. The second-order valence-electron chi connectivity index (χ2n) is 5.19. The highest BCUT2D eigenvalue weighted by Crippen LogP contribution is 2.19. The molecule has 1 unspecified atom stereocenters. The van der Waals surface area contributed by atoms with Gasteiger partial charge in [-0.05, 0) is 16.3 Å². The molecular weight excluding hydrogens is 300 g/mol. The van der Waals surface area contributed by atoms with Crippen LogP contribution >= 0.6 is 12.4 Å². The lowest BCUT2D eigenvalue weighted by molar-refractivity contribution is -0.132. The Labute approximate surface area is 137 Å². The number of carbonyl (C=O) groups excluding carboxylic acids is 1. The number of halogens is 1. The van der Waals surface area contributed by atoms with Gasteiger partial charge in [-0.25, -0.2) is 0 Å². The largest absolute Gasteiger partial charge is 0.380 e. The third-order valence-corrected chi connectivity index (χ3v) is 3.71. The number of benzene rings is 2. The molecule has 2 N–H and O–H groups in total. The van der Waals surface area contributed by atoms with Crippen LogP contribution in [0.3, 0.4) is 0 Å². The molecule has 0 aliphatic carbocycles. The highest BCUT2D eigenvalue weighted by Gasteiger charge is 2.16. The molecule has 120 valence electrons. The first-order chi connectivity index (χ1) is 10.2. The summed E-state index contributed by atoms with van der Waals surface area (Å²) in [4.78, 5) is 13.9. The van der Waals surface area contributed by atoms with Crippen molar-refractivity contribution in [1.29, 1.82) is 0 Å². The number of nitrogens with zero attached hydrogens (tertiary/aromatic N) is 1. The topological polar surface area (TPSA) is 55.6 Å². The summed E-state index contributed by atoms with van der Waals surface area (Å²) in [6.07, 6.45) is 0.0984. The van der Waals surface area contributed by atoms with E-state index in [2.05, 4.69) is 24.3 Å². The summed E-state index contributed by atoms with van der Waals surface area (Å²) in [7, 11) is 3.39. The average Bonchev–Trinajstić information content (AvgIpc) is 2.52. The maximum atomic E-state index is 12.2. The van der Waals surface area contributed by atoms with Crippen LogP contribution in [0.2, 0.25) is 0 Å². The number of nitrogens with two attached hydrogens (primary N) is 1. The number of methoxy groups -OCH3 is 1. The predicted octanol–water partition coefficient (Wildman–Crippen LogP) is 2.58. The summed E-state index contributed by atoms with van der Waals surface area (Å²) >= 11 is 0. The van der Waals surface area contributed by atoms with E-state index in [9.17, 15) is 4.79 Å². The van der Waals surface area contributed by atoms with Gasteiger partial charge in [-0.1, -0.05) is 42.5 Å². The zero-order valence-corrected chi connectivity index (χ0v) is 13.8. The Morgan fingerprint density at radius 3 is 2.59 bits per heavy atom. The maximum Gasteiger partial charge on any atom is 0.225 e. The van der Waals surface area contributed by atoms with Gasteiger partial charge in [0.15, 0.2) is 0 Å². The SMILES string of the molecule is COC(CN)CC(=O)N(C)Cc1cccc2ccccc12.Cl. The molecule has 2 rings (SSSR count). The number of amides is 1. The monoisotopic (exact) mass is 322 g/mol. The lowest BCUT2D eigenvalue weighted by Crippen LogP contribution is -2.33. The fourth-order valence-electron chi connectivity index (χ4n) is 2.39. The molecule has 0 saturated heterocycles. The van der Waals surface area contributed by atoms with Crippen LogP contribution in [0.25, 0.3) is 10.8 Å². The molecule has 0 fully saturated rings. The Morgan fingerprint density at radius 2 is 1.91 bits per heavy atom. The first-order valence-electron chi connectivity index (χ1n) is 7.09. The molecule has 1 atom stereocenters. The number of ether oxygens (including phenoxy) is 1. The predicted molar refractivity (Wildman–Crippen MR) is 92.1 cm³/mol. The molecule has 0 aliphatic rings. The van der Waals surface area contributed by atoms with Gasteiger partial charge in [0.2, 0.25) is 5.91 Å². The fraction of sp³-hybridized carbons (Fsp3) is 0.353. The second kappa shape index (κ2) is 8.73. The van der Waals surface area contributed by atoms with E-state index in [1.54, 1.807) is 12.0 Å². The third-order valence-electron chi connectivity index (χ3n) is 3.71. The average molecular weight is 323 g/mol. The van der Waals surface area contributed by atoms with Crippen molar-refractivity contribution in [1.82, 2.24) is 4.90 Å². The van der Waals surface area contributed by atoms with Crippen LogP contribution in [0.15, 0.2) is 42.5 Å². The molecule has 0 bridgehead atoms. The molecule has 0 saturated carbocycles. The molecule has 1 amide bonds. The Bertz CT molecular complexity index is 609. The summed E-state index contributed by atoms with van der Waals surface area (Å²) in [5.41, 5.74) is 6.71. The zero-order valence-electron chi connectivity index (χ0n) is 13.0. The minimum absolute atomic E-state index is 0. The summed E-state index contributed by atoms with van der Waals surface area (Å²) in [5.74, 6) is 0.0419. The first-order valence-corrected chi connectivity index (χ1v) is 7.09. The van der Waals surface area contributed by atoms with Crippen molar-refractivity contribution in [3.8, 4) is 0 Å². The van der Waals surface area contributed by atoms with Crippen molar-refractivity contribution in [3.05, 3.63) is 48.0 Å². The van der Waals surface area contributed by atoms with E-state index in [0.717, 1.165) is 5.56 Å². The van der Waals surface area contributed by atoms with Crippen molar-refractivity contribution >= 4 is 29.1 Å². The van der Waals surface area contributed by atoms with Gasteiger partial charge in [-0.2, -0.15) is 0 Å². The van der Waals surface area contributed by atoms with Crippen LogP contribution in [0.4, 0.5) is 0 Å². The summed E-state index contributed by atoms with van der Waals surface area (Å²) < 4.78 is 5.17. The lowest BCUT2D eigenvalue weighted by atomic mass is 10.0. The molecule has 22 heavy (non-hydrogen) atoms. The Morgan fingerprint density at radius 1 is 1.23 bits per heavy atom. The van der Waals surface area contributed by atoms with Gasteiger partial charge in [0, 0.05) is 27.2 Å². The fourth-order valence-corrected chi connectivity index (χ4v) is 2.39. The molecule has 0 radical (unpaired) electrons. The van der Waals surface area contributed by atoms with Crippen molar-refractivity contribution in [2.75, 3.05) is 20.7 Å². The molecule has 0 spiro atoms. The number of rotatable bonds is 6. The van der Waals surface area contributed by atoms with Gasteiger partial charge >= 0.3 is 0 Å². The molecule has 0 aliphatic heterocycles. The smallest absolute Gasteiger partial charge is 0.225 e. The van der Waals surface area contributed by atoms with Gasteiger partial charge in [-0.15, -0.1) is 12.4 Å². The van der Waals surface area contributed by atoms with Crippen LogP contribution in [-0.4, -0.2) is 37.6 Å². The van der Waals surface area contributed by atoms with Crippen molar-refractivity contribution in [3.63, 3.8) is 0 Å². The Balaban J connectivity index is 0.00000242. The van der Waals surface area contributed by atoms with E-state index >= 15 is 0 Å². The van der Waals surface area contributed by atoms with Gasteiger partial charge < -0.3 is 15.4 Å². The Hall–Kier alpha value is -1.62. The number of fused-ring (bicyclic) bond motifs is 1. The molecule has 2 aromatic carbocycles. The molecule has 0 aromatic heterocycles. The molecular formula is C17H23ClN2O2. The van der Waals surface area contributed by atoms with Crippen molar-refractivity contribution < 1.29 is 9.53 Å². The maximum absolute atomic E-state index is 12.2. The highest BCUT2D eigenvalue weighted by molar-refractivity contribution is 5.86. The molecule has 0 heterocycles. The van der Waals surface area contributed by atoms with Gasteiger partial charge in [0.1, 0.15) is 0 Å².